The van der Waals surface area contributed by atoms with E-state index in [9.17, 15) is 9.18 Å². The molecule has 0 aliphatic rings. The van der Waals surface area contributed by atoms with Gasteiger partial charge in [0.05, 0.1) is 13.7 Å². The van der Waals surface area contributed by atoms with Gasteiger partial charge in [0, 0.05) is 17.8 Å². The molecule has 0 saturated carbocycles. The smallest absolute Gasteiger partial charge is 0.238 e. The van der Waals surface area contributed by atoms with Gasteiger partial charge in [-0.25, -0.2) is 4.39 Å². The Bertz CT molecular complexity index is 644. The molecule has 0 aliphatic carbocycles. The number of halogens is 1. The van der Waals surface area contributed by atoms with E-state index in [2.05, 4.69) is 5.32 Å². The van der Waals surface area contributed by atoms with E-state index in [-0.39, 0.29) is 18.3 Å². The topological polar surface area (TPSA) is 41.6 Å². The van der Waals surface area contributed by atoms with Crippen LogP contribution < -0.4 is 10.1 Å². The van der Waals surface area contributed by atoms with Crippen LogP contribution in [0.15, 0.2) is 48.5 Å². The van der Waals surface area contributed by atoms with Crippen LogP contribution in [0.5, 0.6) is 5.75 Å². The van der Waals surface area contributed by atoms with Crippen LogP contribution in [0.1, 0.15) is 12.5 Å². The van der Waals surface area contributed by atoms with Gasteiger partial charge in [-0.3, -0.25) is 9.69 Å². The minimum Gasteiger partial charge on any atom is -0.497 e. The van der Waals surface area contributed by atoms with Crippen LogP contribution in [0.25, 0.3) is 0 Å². The van der Waals surface area contributed by atoms with Gasteiger partial charge in [-0.05, 0) is 36.9 Å². The number of benzene rings is 2. The molecule has 23 heavy (non-hydrogen) atoms. The molecule has 0 fully saturated rings. The maximum Gasteiger partial charge on any atom is 0.238 e. The number of nitrogens with one attached hydrogen (secondary N) is 1. The summed E-state index contributed by atoms with van der Waals surface area (Å²) in [5.74, 6) is 0.354. The van der Waals surface area contributed by atoms with Crippen LogP contribution in [-0.2, 0) is 11.3 Å². The number of carbonyl (C=O) groups excluding carboxylic acids is 1. The Hall–Kier alpha value is -2.40. The predicted molar refractivity (Wildman–Crippen MR) is 89.0 cm³/mol. The Balaban J connectivity index is 1.92. The summed E-state index contributed by atoms with van der Waals surface area (Å²) in [5, 5.41) is 2.83. The van der Waals surface area contributed by atoms with Crippen molar-refractivity contribution < 1.29 is 13.9 Å². The molecule has 1 N–H and O–H groups in total. The Kier molecular flexibility index (Phi) is 6.11. The molecule has 2 aromatic rings. The fourth-order valence-electron chi connectivity index (χ4n) is 2.22. The average Bonchev–Trinajstić information content (AvgIpc) is 2.56. The Morgan fingerprint density at radius 2 is 1.87 bits per heavy atom. The van der Waals surface area contributed by atoms with Gasteiger partial charge in [0.25, 0.3) is 0 Å². The van der Waals surface area contributed by atoms with Crippen molar-refractivity contribution in [2.75, 3.05) is 25.5 Å². The van der Waals surface area contributed by atoms with Crippen molar-refractivity contribution in [2.45, 2.75) is 13.5 Å². The maximum absolute atomic E-state index is 13.7. The number of methoxy groups -OCH3 is 1. The van der Waals surface area contributed by atoms with Crippen molar-refractivity contribution in [3.05, 3.63) is 59.9 Å². The van der Waals surface area contributed by atoms with Crippen LogP contribution >= 0.6 is 0 Å². The number of likely N-dealkylation sites (N-methyl/N-ethyl adjacent to an activating group) is 1. The highest BCUT2D eigenvalue weighted by atomic mass is 19.1. The van der Waals surface area contributed by atoms with E-state index in [0.717, 1.165) is 5.75 Å². The Morgan fingerprint density at radius 1 is 1.17 bits per heavy atom. The van der Waals surface area contributed by atoms with E-state index in [1.165, 1.54) is 6.07 Å². The van der Waals surface area contributed by atoms with E-state index in [0.29, 0.717) is 24.3 Å². The summed E-state index contributed by atoms with van der Waals surface area (Å²) in [7, 11) is 1.59. The van der Waals surface area contributed by atoms with E-state index < -0.39 is 0 Å². The second-order valence-electron chi connectivity index (χ2n) is 5.17. The molecular weight excluding hydrogens is 295 g/mol. The fourth-order valence-corrected chi connectivity index (χ4v) is 2.22. The van der Waals surface area contributed by atoms with Crippen LogP contribution in [-0.4, -0.2) is 31.0 Å². The molecule has 122 valence electrons. The fraction of sp³-hybridized carbons (Fsp3) is 0.278. The van der Waals surface area contributed by atoms with E-state index >= 15 is 0 Å². The first-order valence-electron chi connectivity index (χ1n) is 7.52. The quantitative estimate of drug-likeness (QED) is 0.852. The third-order valence-electron chi connectivity index (χ3n) is 3.54. The predicted octanol–water partition coefficient (Wildman–Crippen LogP) is 3.29. The monoisotopic (exact) mass is 316 g/mol. The normalized spacial score (nSPS) is 10.6. The molecule has 0 aromatic heterocycles. The molecule has 5 heteroatoms. The number of nitrogens with zero attached hydrogens (tertiary/aromatic N) is 1. The van der Waals surface area contributed by atoms with Crippen molar-refractivity contribution in [3.63, 3.8) is 0 Å². The van der Waals surface area contributed by atoms with Crippen LogP contribution in [0.4, 0.5) is 10.1 Å². The van der Waals surface area contributed by atoms with Gasteiger partial charge in [-0.15, -0.1) is 0 Å². The molecule has 2 rings (SSSR count). The van der Waals surface area contributed by atoms with Gasteiger partial charge in [0.1, 0.15) is 11.6 Å². The number of ether oxygens (including phenoxy) is 1. The molecule has 4 nitrogen and oxygen atoms in total. The Labute approximate surface area is 135 Å². The number of amides is 1. The van der Waals surface area contributed by atoms with Gasteiger partial charge in [0.2, 0.25) is 5.91 Å². The van der Waals surface area contributed by atoms with E-state index in [1.54, 1.807) is 49.6 Å². The third kappa shape index (κ3) is 5.07. The van der Waals surface area contributed by atoms with E-state index in [4.69, 9.17) is 4.74 Å². The highest BCUT2D eigenvalue weighted by molar-refractivity contribution is 5.92. The van der Waals surface area contributed by atoms with Crippen molar-refractivity contribution in [1.29, 1.82) is 0 Å². The summed E-state index contributed by atoms with van der Waals surface area (Å²) in [5.41, 5.74) is 1.30. The highest BCUT2D eigenvalue weighted by Gasteiger charge is 2.12. The molecule has 0 spiro atoms. The summed E-state index contributed by atoms with van der Waals surface area (Å²) in [6.45, 7) is 3.21. The summed E-state index contributed by atoms with van der Waals surface area (Å²) < 4.78 is 18.8. The minimum absolute atomic E-state index is 0.131. The molecule has 0 radical (unpaired) electrons. The number of hydrogen-bond acceptors (Lipinski definition) is 3. The zero-order chi connectivity index (χ0) is 16.7. The number of rotatable bonds is 7. The number of anilines is 1. The highest BCUT2D eigenvalue weighted by Crippen LogP contribution is 2.15. The van der Waals surface area contributed by atoms with Gasteiger partial charge in [-0.2, -0.15) is 0 Å². The molecule has 0 aliphatic heterocycles. The first kappa shape index (κ1) is 17.0. The van der Waals surface area contributed by atoms with Crippen LogP contribution in [0.3, 0.4) is 0 Å². The molecule has 0 saturated heterocycles. The molecule has 0 unspecified atom stereocenters. The molecule has 0 bridgehead atoms. The van der Waals surface area contributed by atoms with Crippen LogP contribution in [0, 0.1) is 5.82 Å². The standard InChI is InChI=1S/C18H21FN2O2/c1-3-21(12-14-6-4-5-7-17(14)19)13-18(22)20-15-8-10-16(23-2)11-9-15/h4-11H,3,12-13H2,1-2H3,(H,20,22). The van der Waals surface area contributed by atoms with Gasteiger partial charge >= 0.3 is 0 Å². The zero-order valence-corrected chi connectivity index (χ0v) is 13.4. The number of carbonyl (C=O) groups is 1. The second-order valence-corrected chi connectivity index (χ2v) is 5.17. The van der Waals surface area contributed by atoms with E-state index in [1.807, 2.05) is 11.8 Å². The number of hydrogen-bond donors (Lipinski definition) is 1. The van der Waals surface area contributed by atoms with Crippen molar-refractivity contribution in [3.8, 4) is 5.75 Å². The summed E-state index contributed by atoms with van der Waals surface area (Å²) in [6.07, 6.45) is 0. The summed E-state index contributed by atoms with van der Waals surface area (Å²) >= 11 is 0. The van der Waals surface area contributed by atoms with Crippen molar-refractivity contribution in [2.24, 2.45) is 0 Å². The van der Waals surface area contributed by atoms with Crippen molar-refractivity contribution >= 4 is 11.6 Å². The molecule has 2 aromatic carbocycles. The van der Waals surface area contributed by atoms with Gasteiger partial charge in [-0.1, -0.05) is 25.1 Å². The minimum atomic E-state index is -0.249. The third-order valence-corrected chi connectivity index (χ3v) is 3.54. The first-order valence-corrected chi connectivity index (χ1v) is 7.52. The summed E-state index contributed by atoms with van der Waals surface area (Å²) in [4.78, 5) is 14.0. The van der Waals surface area contributed by atoms with Crippen LogP contribution in [0.2, 0.25) is 0 Å². The summed E-state index contributed by atoms with van der Waals surface area (Å²) in [6, 6.07) is 13.8. The lowest BCUT2D eigenvalue weighted by Gasteiger charge is -2.20. The first-order chi connectivity index (χ1) is 11.1. The SMILES string of the molecule is CCN(CC(=O)Nc1ccc(OC)cc1)Cc1ccccc1F. The van der Waals surface area contributed by atoms with Gasteiger partial charge < -0.3 is 10.1 Å². The lowest BCUT2D eigenvalue weighted by atomic mass is 10.2. The van der Waals surface area contributed by atoms with Crippen molar-refractivity contribution in [1.82, 2.24) is 4.90 Å². The zero-order valence-electron chi connectivity index (χ0n) is 13.4. The average molecular weight is 316 g/mol. The lowest BCUT2D eigenvalue weighted by Crippen LogP contribution is -2.33. The molecule has 1 amide bonds. The maximum atomic E-state index is 13.7. The molecule has 0 atom stereocenters. The lowest BCUT2D eigenvalue weighted by molar-refractivity contribution is -0.117. The van der Waals surface area contributed by atoms with Gasteiger partial charge in [0.15, 0.2) is 0 Å². The second kappa shape index (κ2) is 8.29. The Morgan fingerprint density at radius 3 is 2.48 bits per heavy atom. The molecular formula is C18H21FN2O2. The molecule has 0 heterocycles. The largest absolute Gasteiger partial charge is 0.497 e.